The summed E-state index contributed by atoms with van der Waals surface area (Å²) >= 11 is 0. The predicted octanol–water partition coefficient (Wildman–Crippen LogP) is 6.40. The molecule has 2 heterocycles. The SMILES string of the molecule is COc1ccc(CN2CCC3(CCOC3)CC2)c(OC)c1-c1cccc2c(C[C@H](NC(=O)c3c(C)cccc3F)C(=O)O)cccc12. The van der Waals surface area contributed by atoms with Gasteiger partial charge in [-0.25, -0.2) is 9.18 Å². The summed E-state index contributed by atoms with van der Waals surface area (Å²) in [4.78, 5) is 27.9. The molecule has 0 aliphatic carbocycles. The number of carbonyl (C=O) groups is 2. The van der Waals surface area contributed by atoms with Gasteiger partial charge in [0.15, 0.2) is 0 Å². The highest BCUT2D eigenvalue weighted by atomic mass is 19.1. The highest BCUT2D eigenvalue weighted by molar-refractivity contribution is 6.02. The maximum absolute atomic E-state index is 14.5. The van der Waals surface area contributed by atoms with Gasteiger partial charge >= 0.3 is 5.97 Å². The van der Waals surface area contributed by atoms with Crippen LogP contribution < -0.4 is 14.8 Å². The molecule has 0 aromatic heterocycles. The van der Waals surface area contributed by atoms with E-state index in [9.17, 15) is 19.1 Å². The number of fused-ring (bicyclic) bond motifs is 1. The number of carboxylic acids is 1. The Labute approximate surface area is 274 Å². The van der Waals surface area contributed by atoms with E-state index in [4.69, 9.17) is 14.2 Å². The lowest BCUT2D eigenvalue weighted by Crippen LogP contribution is -2.42. The number of hydrogen-bond donors (Lipinski definition) is 2. The van der Waals surface area contributed by atoms with Crippen molar-refractivity contribution < 1.29 is 33.3 Å². The van der Waals surface area contributed by atoms with Crippen LogP contribution in [0.15, 0.2) is 66.7 Å². The molecule has 6 rings (SSSR count). The maximum atomic E-state index is 14.5. The number of amides is 1. The number of hydrogen-bond acceptors (Lipinski definition) is 6. The summed E-state index contributed by atoms with van der Waals surface area (Å²) in [6.45, 7) is 6.10. The number of carboxylic acid groups (broad SMARTS) is 1. The third-order valence-corrected chi connectivity index (χ3v) is 9.88. The third-order valence-electron chi connectivity index (χ3n) is 9.88. The van der Waals surface area contributed by atoms with Crippen molar-refractivity contribution in [2.45, 2.75) is 45.2 Å². The second kappa shape index (κ2) is 13.7. The van der Waals surface area contributed by atoms with Gasteiger partial charge in [0.2, 0.25) is 0 Å². The number of carbonyl (C=O) groups excluding carboxylic acids is 1. The molecule has 4 aromatic carbocycles. The summed E-state index contributed by atoms with van der Waals surface area (Å²) in [5.74, 6) is -1.26. The van der Waals surface area contributed by atoms with Crippen LogP contribution in [0.4, 0.5) is 4.39 Å². The van der Waals surface area contributed by atoms with Gasteiger partial charge in [0, 0.05) is 25.1 Å². The molecule has 2 aliphatic rings. The van der Waals surface area contributed by atoms with E-state index in [-0.39, 0.29) is 12.0 Å². The molecule has 0 radical (unpaired) electrons. The summed E-state index contributed by atoms with van der Waals surface area (Å²) < 4.78 is 32.2. The minimum atomic E-state index is -1.28. The van der Waals surface area contributed by atoms with Crippen LogP contribution in [0.25, 0.3) is 21.9 Å². The topological polar surface area (TPSA) is 97.3 Å². The summed E-state index contributed by atoms with van der Waals surface area (Å²) in [5.41, 5.74) is 4.10. The first kappa shape index (κ1) is 32.5. The van der Waals surface area contributed by atoms with Crippen molar-refractivity contribution in [1.29, 1.82) is 0 Å². The van der Waals surface area contributed by atoms with Crippen LogP contribution in [-0.4, -0.2) is 68.4 Å². The first-order chi connectivity index (χ1) is 22.7. The highest BCUT2D eigenvalue weighted by Gasteiger charge is 2.38. The molecule has 8 nitrogen and oxygen atoms in total. The van der Waals surface area contributed by atoms with Crippen LogP contribution in [0.3, 0.4) is 0 Å². The lowest BCUT2D eigenvalue weighted by Gasteiger charge is -2.38. The molecular weight excluding hydrogens is 599 g/mol. The summed E-state index contributed by atoms with van der Waals surface area (Å²) in [6.07, 6.45) is 3.40. The van der Waals surface area contributed by atoms with Crippen molar-refractivity contribution >= 4 is 22.6 Å². The standard InChI is InChI=1S/C38H41FN2O6/c1-24-7-4-12-30(39)33(24)36(42)40-31(37(43)44)21-25-8-5-10-28-27(25)9-6-11-29(28)34-32(45-2)14-13-26(35(34)46-3)22-41-18-15-38(16-19-41)17-20-47-23-38/h4-14,31H,15-23H2,1-3H3,(H,40,42)(H,43,44)/t31-/m0/s1. The summed E-state index contributed by atoms with van der Waals surface area (Å²) in [7, 11) is 3.32. The lowest BCUT2D eigenvalue weighted by atomic mass is 9.78. The van der Waals surface area contributed by atoms with E-state index in [0.717, 1.165) is 90.9 Å². The molecule has 9 heteroatoms. The monoisotopic (exact) mass is 640 g/mol. The number of nitrogens with one attached hydrogen (secondary N) is 1. The van der Waals surface area contributed by atoms with E-state index in [1.807, 2.05) is 42.5 Å². The Kier molecular flexibility index (Phi) is 9.47. The number of likely N-dealkylation sites (tertiary alicyclic amines) is 1. The van der Waals surface area contributed by atoms with E-state index in [0.29, 0.717) is 16.7 Å². The number of rotatable bonds is 10. The molecule has 1 amide bonds. The van der Waals surface area contributed by atoms with E-state index in [1.54, 1.807) is 27.2 Å². The predicted molar refractivity (Wildman–Crippen MR) is 179 cm³/mol. The van der Waals surface area contributed by atoms with Crippen molar-refractivity contribution in [2.24, 2.45) is 5.41 Å². The quantitative estimate of drug-likeness (QED) is 0.207. The van der Waals surface area contributed by atoms with Crippen LogP contribution >= 0.6 is 0 Å². The Bertz CT molecular complexity index is 1770. The van der Waals surface area contributed by atoms with Gasteiger partial charge in [-0.3, -0.25) is 9.69 Å². The number of methoxy groups -OCH3 is 2. The second-order valence-corrected chi connectivity index (χ2v) is 12.7. The maximum Gasteiger partial charge on any atom is 0.326 e. The number of piperidine rings is 1. The molecule has 2 fully saturated rings. The van der Waals surface area contributed by atoms with Crippen LogP contribution in [0, 0.1) is 18.2 Å². The summed E-state index contributed by atoms with van der Waals surface area (Å²) in [6, 6.07) is 18.7. The molecule has 2 saturated heterocycles. The third kappa shape index (κ3) is 6.55. The van der Waals surface area contributed by atoms with E-state index in [1.165, 1.54) is 12.1 Å². The van der Waals surface area contributed by atoms with Crippen LogP contribution in [0.2, 0.25) is 0 Å². The largest absolute Gasteiger partial charge is 0.496 e. The molecule has 246 valence electrons. The highest BCUT2D eigenvalue weighted by Crippen LogP contribution is 2.45. The number of benzene rings is 4. The van der Waals surface area contributed by atoms with Gasteiger partial charge in [-0.15, -0.1) is 0 Å². The summed E-state index contributed by atoms with van der Waals surface area (Å²) in [5, 5.41) is 14.4. The van der Waals surface area contributed by atoms with E-state index in [2.05, 4.69) is 16.3 Å². The molecular formula is C38H41FN2O6. The molecule has 2 N–H and O–H groups in total. The molecule has 1 spiro atoms. The van der Waals surface area contributed by atoms with Gasteiger partial charge < -0.3 is 24.6 Å². The molecule has 1 atom stereocenters. The molecule has 0 unspecified atom stereocenters. The van der Waals surface area contributed by atoms with E-state index < -0.39 is 23.7 Å². The zero-order valence-corrected chi connectivity index (χ0v) is 27.1. The zero-order valence-electron chi connectivity index (χ0n) is 27.1. The number of aliphatic carboxylic acids is 1. The Morgan fingerprint density at radius 2 is 1.70 bits per heavy atom. The van der Waals surface area contributed by atoms with Gasteiger partial charge in [0.05, 0.1) is 32.0 Å². The van der Waals surface area contributed by atoms with Gasteiger partial charge in [0.1, 0.15) is 23.4 Å². The van der Waals surface area contributed by atoms with Crippen molar-refractivity contribution in [3.8, 4) is 22.6 Å². The number of aryl methyl sites for hydroxylation is 1. The van der Waals surface area contributed by atoms with Gasteiger partial charge in [-0.2, -0.15) is 0 Å². The van der Waals surface area contributed by atoms with Crippen molar-refractivity contribution in [1.82, 2.24) is 10.2 Å². The minimum absolute atomic E-state index is 0.00513. The fourth-order valence-electron chi connectivity index (χ4n) is 7.20. The molecule has 0 saturated carbocycles. The van der Waals surface area contributed by atoms with E-state index >= 15 is 0 Å². The molecule has 0 bridgehead atoms. The minimum Gasteiger partial charge on any atom is -0.496 e. The average molecular weight is 641 g/mol. The molecule has 47 heavy (non-hydrogen) atoms. The smallest absolute Gasteiger partial charge is 0.326 e. The fraction of sp³-hybridized carbons (Fsp3) is 0.368. The normalized spacial score (nSPS) is 16.7. The Hall–Kier alpha value is -4.47. The van der Waals surface area contributed by atoms with Crippen molar-refractivity contribution in [3.63, 3.8) is 0 Å². The lowest BCUT2D eigenvalue weighted by molar-refractivity contribution is -0.139. The number of nitrogens with zero attached hydrogens (tertiary/aromatic N) is 1. The first-order valence-corrected chi connectivity index (χ1v) is 16.1. The number of ether oxygens (including phenoxy) is 3. The van der Waals surface area contributed by atoms with Crippen molar-refractivity contribution in [2.75, 3.05) is 40.5 Å². The second-order valence-electron chi connectivity index (χ2n) is 12.7. The van der Waals surface area contributed by atoms with Gasteiger partial charge in [-0.1, -0.05) is 54.6 Å². The molecule has 2 aliphatic heterocycles. The van der Waals surface area contributed by atoms with Gasteiger partial charge in [-0.05, 0) is 84.3 Å². The van der Waals surface area contributed by atoms with Crippen LogP contribution in [0.5, 0.6) is 11.5 Å². The van der Waals surface area contributed by atoms with Crippen LogP contribution in [0.1, 0.15) is 46.3 Å². The fourth-order valence-corrected chi connectivity index (χ4v) is 7.20. The van der Waals surface area contributed by atoms with Crippen molar-refractivity contribution in [3.05, 3.63) is 94.8 Å². The number of halogens is 1. The average Bonchev–Trinajstić information content (AvgIpc) is 3.53. The molecule has 4 aromatic rings. The first-order valence-electron chi connectivity index (χ1n) is 16.1. The van der Waals surface area contributed by atoms with Gasteiger partial charge in [0.25, 0.3) is 5.91 Å². The Balaban J connectivity index is 1.32. The van der Waals surface area contributed by atoms with Crippen LogP contribution in [-0.2, 0) is 22.5 Å². The Morgan fingerprint density at radius 3 is 2.38 bits per heavy atom. The zero-order chi connectivity index (χ0) is 33.1. The Morgan fingerprint density at radius 1 is 0.957 bits per heavy atom.